The van der Waals surface area contributed by atoms with E-state index in [9.17, 15) is 9.18 Å². The number of nitrogens with one attached hydrogen (secondary N) is 1. The highest BCUT2D eigenvalue weighted by molar-refractivity contribution is 7.18. The maximum absolute atomic E-state index is 12.8. The number of ketones is 1. The molecule has 3 rings (SSSR count). The van der Waals surface area contributed by atoms with Crippen LogP contribution in [0.1, 0.15) is 15.2 Å². The average Bonchev–Trinajstić information content (AvgIpc) is 2.90. The molecule has 2 aromatic heterocycles. The number of halogens is 1. The molecule has 0 unspecified atom stereocenters. The van der Waals surface area contributed by atoms with Crippen molar-refractivity contribution in [1.29, 1.82) is 0 Å². The van der Waals surface area contributed by atoms with Crippen LogP contribution in [0.25, 0.3) is 0 Å². The Morgan fingerprint density at radius 2 is 1.95 bits per heavy atom. The number of pyridine rings is 1. The summed E-state index contributed by atoms with van der Waals surface area (Å²) in [5.74, 6) is -0.582. The summed E-state index contributed by atoms with van der Waals surface area (Å²) < 4.78 is 12.8. The first kappa shape index (κ1) is 14.2. The minimum Gasteiger partial charge on any atom is -0.382 e. The van der Waals surface area contributed by atoms with Gasteiger partial charge in [0.25, 0.3) is 0 Å². The zero-order valence-electron chi connectivity index (χ0n) is 11.3. The smallest absolute Gasteiger partial charge is 0.212 e. The second-order valence-electron chi connectivity index (χ2n) is 4.42. The quantitative estimate of drug-likeness (QED) is 0.571. The predicted molar refractivity (Wildman–Crippen MR) is 83.9 cm³/mol. The molecule has 110 valence electrons. The molecule has 0 radical (unpaired) electrons. The number of rotatable bonds is 4. The lowest BCUT2D eigenvalue weighted by atomic mass is 10.1. The minimum absolute atomic E-state index is 0.163. The molecule has 0 aliphatic carbocycles. The van der Waals surface area contributed by atoms with Crippen molar-refractivity contribution in [2.24, 2.45) is 0 Å². The standard InChI is InChI=1S/C15H11FN4OS/c16-11-7-6-10(8-18-11)19-15-20-14(17)13(22-15)12(21)9-4-2-1-3-5-9/h1-8H,17H2,(H,19,20). The molecular weight excluding hydrogens is 303 g/mol. The number of hydrogen-bond donors (Lipinski definition) is 2. The van der Waals surface area contributed by atoms with Crippen molar-refractivity contribution in [3.05, 3.63) is 65.0 Å². The molecule has 0 bridgehead atoms. The molecule has 22 heavy (non-hydrogen) atoms. The van der Waals surface area contributed by atoms with E-state index in [-0.39, 0.29) is 11.6 Å². The summed E-state index contributed by atoms with van der Waals surface area (Å²) in [6.45, 7) is 0. The number of nitrogens with two attached hydrogens (primary N) is 1. The van der Waals surface area contributed by atoms with Gasteiger partial charge in [0.15, 0.2) is 5.13 Å². The summed E-state index contributed by atoms with van der Waals surface area (Å²) in [5, 5.41) is 3.39. The van der Waals surface area contributed by atoms with E-state index in [0.29, 0.717) is 21.3 Å². The van der Waals surface area contributed by atoms with Crippen LogP contribution in [0.3, 0.4) is 0 Å². The topological polar surface area (TPSA) is 80.9 Å². The second kappa shape index (κ2) is 5.90. The fourth-order valence-electron chi connectivity index (χ4n) is 1.84. The lowest BCUT2D eigenvalue weighted by molar-refractivity contribution is 0.104. The van der Waals surface area contributed by atoms with Crippen molar-refractivity contribution in [1.82, 2.24) is 9.97 Å². The van der Waals surface area contributed by atoms with Crippen molar-refractivity contribution in [3.63, 3.8) is 0 Å². The van der Waals surface area contributed by atoms with Gasteiger partial charge in [-0.15, -0.1) is 0 Å². The van der Waals surface area contributed by atoms with Crippen LogP contribution >= 0.6 is 11.3 Å². The summed E-state index contributed by atoms with van der Waals surface area (Å²) in [7, 11) is 0. The fourth-order valence-corrected chi connectivity index (χ4v) is 2.71. The van der Waals surface area contributed by atoms with Gasteiger partial charge < -0.3 is 11.1 Å². The van der Waals surface area contributed by atoms with Crippen molar-refractivity contribution in [2.45, 2.75) is 0 Å². The van der Waals surface area contributed by atoms with Gasteiger partial charge in [-0.05, 0) is 12.1 Å². The van der Waals surface area contributed by atoms with E-state index in [2.05, 4.69) is 15.3 Å². The summed E-state index contributed by atoms with van der Waals surface area (Å²) >= 11 is 1.14. The summed E-state index contributed by atoms with van der Waals surface area (Å²) in [4.78, 5) is 20.4. The highest BCUT2D eigenvalue weighted by Crippen LogP contribution is 2.29. The number of nitrogen functional groups attached to an aromatic ring is 1. The van der Waals surface area contributed by atoms with Gasteiger partial charge in [-0.1, -0.05) is 41.7 Å². The van der Waals surface area contributed by atoms with Gasteiger partial charge >= 0.3 is 0 Å². The lowest BCUT2D eigenvalue weighted by Crippen LogP contribution is -2.02. The van der Waals surface area contributed by atoms with Crippen LogP contribution < -0.4 is 11.1 Å². The van der Waals surface area contributed by atoms with Crippen molar-refractivity contribution in [2.75, 3.05) is 11.1 Å². The number of thiazole rings is 1. The van der Waals surface area contributed by atoms with E-state index in [4.69, 9.17) is 5.73 Å². The normalized spacial score (nSPS) is 10.4. The third kappa shape index (κ3) is 2.94. The van der Waals surface area contributed by atoms with Gasteiger partial charge in [0.05, 0.1) is 11.9 Å². The molecule has 7 heteroatoms. The largest absolute Gasteiger partial charge is 0.382 e. The molecule has 0 aliphatic rings. The number of carbonyl (C=O) groups excluding carboxylic acids is 1. The van der Waals surface area contributed by atoms with Crippen molar-refractivity contribution < 1.29 is 9.18 Å². The Labute approximate surface area is 129 Å². The van der Waals surface area contributed by atoms with Crippen LogP contribution in [0.2, 0.25) is 0 Å². The Balaban J connectivity index is 1.85. The molecule has 1 aromatic carbocycles. The minimum atomic E-state index is -0.566. The highest BCUT2D eigenvalue weighted by atomic mass is 32.1. The Morgan fingerprint density at radius 1 is 1.18 bits per heavy atom. The Morgan fingerprint density at radius 3 is 2.64 bits per heavy atom. The van der Waals surface area contributed by atoms with Gasteiger partial charge in [0.1, 0.15) is 10.7 Å². The molecule has 5 nitrogen and oxygen atoms in total. The molecule has 3 N–H and O–H groups in total. The van der Waals surface area contributed by atoms with E-state index in [1.807, 2.05) is 6.07 Å². The monoisotopic (exact) mass is 314 g/mol. The first-order chi connectivity index (χ1) is 10.6. The van der Waals surface area contributed by atoms with Gasteiger partial charge in [0, 0.05) is 5.56 Å². The molecular formula is C15H11FN4OS. The summed E-state index contributed by atoms with van der Waals surface area (Å²) in [6.07, 6.45) is 1.34. The number of benzene rings is 1. The average molecular weight is 314 g/mol. The third-order valence-corrected chi connectivity index (χ3v) is 3.86. The Hall–Kier alpha value is -2.80. The van der Waals surface area contributed by atoms with Crippen molar-refractivity contribution >= 4 is 33.8 Å². The van der Waals surface area contributed by atoms with Crippen molar-refractivity contribution in [3.8, 4) is 0 Å². The molecule has 2 heterocycles. The molecule has 0 aliphatic heterocycles. The maximum Gasteiger partial charge on any atom is 0.212 e. The molecule has 0 saturated heterocycles. The van der Waals surface area contributed by atoms with Gasteiger partial charge in [-0.3, -0.25) is 4.79 Å². The molecule has 0 amide bonds. The van der Waals surface area contributed by atoms with E-state index < -0.39 is 5.95 Å². The third-order valence-electron chi connectivity index (χ3n) is 2.87. The molecule has 3 aromatic rings. The second-order valence-corrected chi connectivity index (χ2v) is 5.42. The number of nitrogens with zero attached hydrogens (tertiary/aromatic N) is 2. The summed E-state index contributed by atoms with van der Waals surface area (Å²) in [6, 6.07) is 11.6. The lowest BCUT2D eigenvalue weighted by Gasteiger charge is -2.00. The Kier molecular flexibility index (Phi) is 3.80. The number of anilines is 3. The van der Waals surface area contributed by atoms with Crippen LogP contribution in [0, 0.1) is 5.95 Å². The SMILES string of the molecule is Nc1nc(Nc2ccc(F)nc2)sc1C(=O)c1ccccc1. The fraction of sp³-hybridized carbons (Fsp3) is 0. The van der Waals surface area contributed by atoms with Crippen LogP contribution in [0.4, 0.5) is 21.0 Å². The van der Waals surface area contributed by atoms with Crippen LogP contribution in [-0.4, -0.2) is 15.8 Å². The number of carbonyl (C=O) groups is 1. The van der Waals surface area contributed by atoms with Crippen LogP contribution in [0.15, 0.2) is 48.7 Å². The summed E-state index contributed by atoms with van der Waals surface area (Å²) in [5.41, 5.74) is 6.93. The Bertz CT molecular complexity index is 802. The van der Waals surface area contributed by atoms with Gasteiger partial charge in [-0.25, -0.2) is 9.97 Å². The van der Waals surface area contributed by atoms with Gasteiger partial charge in [0.2, 0.25) is 11.7 Å². The molecule has 0 spiro atoms. The van der Waals surface area contributed by atoms with Crippen LogP contribution in [0.5, 0.6) is 0 Å². The maximum atomic E-state index is 12.8. The van der Waals surface area contributed by atoms with E-state index in [1.165, 1.54) is 18.3 Å². The zero-order chi connectivity index (χ0) is 15.5. The van der Waals surface area contributed by atoms with Crippen LogP contribution in [-0.2, 0) is 0 Å². The van der Waals surface area contributed by atoms with E-state index in [0.717, 1.165) is 11.3 Å². The molecule has 0 fully saturated rings. The molecule has 0 atom stereocenters. The first-order valence-corrected chi connectivity index (χ1v) is 7.20. The first-order valence-electron chi connectivity index (χ1n) is 6.38. The number of hydrogen-bond acceptors (Lipinski definition) is 6. The predicted octanol–water partition coefficient (Wildman–Crippen LogP) is 3.23. The number of aromatic nitrogens is 2. The highest BCUT2D eigenvalue weighted by Gasteiger charge is 2.17. The molecule has 0 saturated carbocycles. The van der Waals surface area contributed by atoms with Gasteiger partial charge in [-0.2, -0.15) is 4.39 Å². The van der Waals surface area contributed by atoms with E-state index >= 15 is 0 Å². The van der Waals surface area contributed by atoms with E-state index in [1.54, 1.807) is 24.3 Å². The zero-order valence-corrected chi connectivity index (χ0v) is 12.1.